The van der Waals surface area contributed by atoms with Crippen LogP contribution in [0.15, 0.2) is 9.98 Å². The van der Waals surface area contributed by atoms with E-state index in [0.717, 1.165) is 51.9 Å². The molecule has 12 nitrogen and oxygen atoms in total. The van der Waals surface area contributed by atoms with Gasteiger partial charge in [0.15, 0.2) is 12.1 Å². The lowest BCUT2D eigenvalue weighted by Gasteiger charge is -2.42. The molecule has 0 bridgehead atoms. The Balaban J connectivity index is 1.01. The molecule has 6 heterocycles. The quantitative estimate of drug-likeness (QED) is 0.126. The summed E-state index contributed by atoms with van der Waals surface area (Å²) >= 11 is 3.08. The maximum absolute atomic E-state index is 13.3. The van der Waals surface area contributed by atoms with E-state index in [1.165, 1.54) is 25.7 Å². The van der Waals surface area contributed by atoms with Crippen LogP contribution in [-0.4, -0.2) is 133 Å². The fourth-order valence-electron chi connectivity index (χ4n) is 7.28. The monoisotopic (exact) mass is 662 g/mol. The summed E-state index contributed by atoms with van der Waals surface area (Å²) in [7, 11) is 0. The lowest BCUT2D eigenvalue weighted by atomic mass is 9.96. The number of hydrogen-bond acceptors (Lipinski definition) is 10. The summed E-state index contributed by atoms with van der Waals surface area (Å²) in [6.07, 6.45) is 13.0. The number of likely N-dealkylation sites (tertiary alicyclic amines) is 2. The standard InChI is InChI=1S/C31H46N6O6S2/c1-30(2)22(36-24(38)20(26(36)44-30)32-17-34-13-9-5-6-10-14-34)28(40)42-19-43-29(41)23-31(3,4)45-27-21(25(39)37(23)27)33-18-35-15-11-7-8-12-16-35/h17-18,20-23,26-27H,5-16,19H2,1-4H3/t20?,21?,22-,23-,26+,27+/m0/s1. The second kappa shape index (κ2) is 13.0. The van der Waals surface area contributed by atoms with Gasteiger partial charge in [0.05, 0.1) is 12.7 Å². The molecule has 0 saturated carbocycles. The Hall–Kier alpha value is -2.48. The molecule has 0 spiro atoms. The average Bonchev–Trinajstić information content (AvgIpc) is 3.20. The van der Waals surface area contributed by atoms with Gasteiger partial charge in [0.1, 0.15) is 22.8 Å². The second-order valence-electron chi connectivity index (χ2n) is 13.9. The molecule has 0 aliphatic carbocycles. The third-order valence-electron chi connectivity index (χ3n) is 9.74. The third kappa shape index (κ3) is 6.29. The van der Waals surface area contributed by atoms with Gasteiger partial charge < -0.3 is 29.1 Å². The van der Waals surface area contributed by atoms with Gasteiger partial charge in [0.2, 0.25) is 6.79 Å². The first kappa shape index (κ1) is 32.5. The predicted molar refractivity (Wildman–Crippen MR) is 174 cm³/mol. The Kier molecular flexibility index (Phi) is 9.35. The van der Waals surface area contributed by atoms with Crippen LogP contribution >= 0.6 is 23.5 Å². The van der Waals surface area contributed by atoms with Gasteiger partial charge in [0.25, 0.3) is 11.8 Å². The number of amides is 2. The number of nitrogens with zero attached hydrogens (tertiary/aromatic N) is 6. The lowest BCUT2D eigenvalue weighted by Crippen LogP contribution is -2.65. The number of fused-ring (bicyclic) bond motifs is 2. The minimum absolute atomic E-state index is 0.191. The number of thioether (sulfide) groups is 2. The molecule has 2 amide bonds. The van der Waals surface area contributed by atoms with Gasteiger partial charge >= 0.3 is 11.9 Å². The molecule has 6 aliphatic rings. The van der Waals surface area contributed by atoms with Gasteiger partial charge in [-0.15, -0.1) is 23.5 Å². The number of aliphatic imine (C=N–C) groups is 2. The van der Waals surface area contributed by atoms with E-state index in [9.17, 15) is 19.2 Å². The van der Waals surface area contributed by atoms with E-state index in [4.69, 9.17) is 9.47 Å². The SMILES string of the molecule is CC1(C)S[C@@H]2C(N=CN3CCCCCC3)C(=O)N2[C@H]1C(=O)OCOC(=O)[C@@H]1N2C(=O)C(N=CN3CCCCCC3)[C@H]2SC1(C)C. The van der Waals surface area contributed by atoms with Gasteiger partial charge in [-0.1, -0.05) is 25.7 Å². The van der Waals surface area contributed by atoms with Crippen molar-refractivity contribution in [3.05, 3.63) is 0 Å². The maximum Gasteiger partial charge on any atom is 0.333 e. The Bertz CT molecular complexity index is 1140. The summed E-state index contributed by atoms with van der Waals surface area (Å²) in [6, 6.07) is -2.67. The van der Waals surface area contributed by atoms with E-state index in [1.807, 2.05) is 40.4 Å². The molecule has 0 aromatic heterocycles. The largest absolute Gasteiger partial charge is 0.426 e. The fraction of sp³-hybridized carbons (Fsp3) is 0.806. The van der Waals surface area contributed by atoms with Crippen molar-refractivity contribution < 1.29 is 28.7 Å². The Morgan fingerprint density at radius 2 is 1.04 bits per heavy atom. The topological polar surface area (TPSA) is 124 Å². The summed E-state index contributed by atoms with van der Waals surface area (Å²) < 4.78 is 9.67. The van der Waals surface area contributed by atoms with Crippen molar-refractivity contribution in [2.75, 3.05) is 33.0 Å². The van der Waals surface area contributed by atoms with Crippen LogP contribution in [-0.2, 0) is 28.7 Å². The van der Waals surface area contributed by atoms with Crippen LogP contribution in [0.5, 0.6) is 0 Å². The van der Waals surface area contributed by atoms with Crippen LogP contribution in [0, 0.1) is 0 Å². The van der Waals surface area contributed by atoms with E-state index in [-0.39, 0.29) is 22.6 Å². The molecule has 0 radical (unpaired) electrons. The molecule has 0 aromatic rings. The first-order valence-electron chi connectivity index (χ1n) is 16.4. The van der Waals surface area contributed by atoms with Gasteiger partial charge in [-0.3, -0.25) is 19.6 Å². The van der Waals surface area contributed by atoms with Gasteiger partial charge in [-0.2, -0.15) is 0 Å². The zero-order chi connectivity index (χ0) is 31.9. The first-order valence-corrected chi connectivity index (χ1v) is 18.1. The van der Waals surface area contributed by atoms with Crippen molar-refractivity contribution in [1.29, 1.82) is 0 Å². The first-order chi connectivity index (χ1) is 21.5. The summed E-state index contributed by atoms with van der Waals surface area (Å²) in [5, 5.41) is -0.479. The van der Waals surface area contributed by atoms with Crippen LogP contribution in [0.3, 0.4) is 0 Å². The number of ether oxygens (including phenoxy) is 2. The van der Waals surface area contributed by atoms with Crippen molar-refractivity contribution >= 4 is 60.0 Å². The van der Waals surface area contributed by atoms with Crippen molar-refractivity contribution in [2.45, 2.75) is 123 Å². The molecule has 6 fully saturated rings. The number of β-lactam (4-membered cyclic amide) rings is 2. The van der Waals surface area contributed by atoms with Gasteiger partial charge in [-0.25, -0.2) is 9.59 Å². The highest BCUT2D eigenvalue weighted by Crippen LogP contribution is 2.53. The number of hydrogen-bond donors (Lipinski definition) is 0. The van der Waals surface area contributed by atoms with Crippen LogP contribution in [0.4, 0.5) is 0 Å². The van der Waals surface area contributed by atoms with Crippen LogP contribution in [0.2, 0.25) is 0 Å². The Morgan fingerprint density at radius 3 is 1.40 bits per heavy atom. The summed E-state index contributed by atoms with van der Waals surface area (Å²) in [4.78, 5) is 69.5. The molecule has 0 N–H and O–H groups in total. The number of carbonyl (C=O) groups is 4. The molecule has 6 atom stereocenters. The molecule has 45 heavy (non-hydrogen) atoms. The van der Waals surface area contributed by atoms with Gasteiger partial charge in [0, 0.05) is 35.7 Å². The molecule has 6 rings (SSSR count). The Labute approximate surface area is 274 Å². The predicted octanol–water partition coefficient (Wildman–Crippen LogP) is 2.70. The van der Waals surface area contributed by atoms with Crippen LogP contribution in [0.1, 0.15) is 79.1 Å². The number of carbonyl (C=O) groups excluding carboxylic acids is 4. The highest BCUT2D eigenvalue weighted by Gasteiger charge is 2.65. The summed E-state index contributed by atoms with van der Waals surface area (Å²) in [6.45, 7) is 10.9. The van der Waals surface area contributed by atoms with E-state index in [2.05, 4.69) is 19.8 Å². The second-order valence-corrected chi connectivity index (χ2v) is 17.4. The average molecular weight is 663 g/mol. The fourth-order valence-corrected chi connectivity index (χ4v) is 10.5. The zero-order valence-corrected chi connectivity index (χ0v) is 28.4. The molecule has 14 heteroatoms. The van der Waals surface area contributed by atoms with Crippen molar-refractivity contribution in [3.63, 3.8) is 0 Å². The third-order valence-corrected chi connectivity index (χ3v) is 12.9. The molecule has 6 aliphatic heterocycles. The number of rotatable bonds is 8. The van der Waals surface area contributed by atoms with Gasteiger partial charge in [-0.05, 0) is 53.4 Å². The highest BCUT2D eigenvalue weighted by molar-refractivity contribution is 8.02. The molecular weight excluding hydrogens is 617 g/mol. The maximum atomic E-state index is 13.3. The van der Waals surface area contributed by atoms with E-state index >= 15 is 0 Å². The van der Waals surface area contributed by atoms with Crippen LogP contribution in [0.25, 0.3) is 0 Å². The molecule has 2 unspecified atom stereocenters. The van der Waals surface area contributed by atoms with E-state index in [1.54, 1.807) is 33.3 Å². The Morgan fingerprint density at radius 1 is 0.689 bits per heavy atom. The van der Waals surface area contributed by atoms with E-state index in [0.29, 0.717) is 0 Å². The number of esters is 2. The molecular formula is C31H46N6O6S2. The zero-order valence-electron chi connectivity index (χ0n) is 26.8. The molecule has 0 aromatic carbocycles. The normalized spacial score (nSPS) is 34.2. The lowest BCUT2D eigenvalue weighted by molar-refractivity contribution is -0.181. The molecule has 6 saturated heterocycles. The summed E-state index contributed by atoms with van der Waals surface area (Å²) in [5.41, 5.74) is 0. The minimum Gasteiger partial charge on any atom is -0.426 e. The highest BCUT2D eigenvalue weighted by atomic mass is 32.2. The van der Waals surface area contributed by atoms with E-state index < -0.39 is 52.4 Å². The van der Waals surface area contributed by atoms with Crippen molar-refractivity contribution in [3.8, 4) is 0 Å². The van der Waals surface area contributed by atoms with Crippen molar-refractivity contribution in [2.24, 2.45) is 9.98 Å². The summed E-state index contributed by atoms with van der Waals surface area (Å²) in [5.74, 6) is -1.62. The van der Waals surface area contributed by atoms with Crippen LogP contribution < -0.4 is 0 Å². The minimum atomic E-state index is -0.814. The smallest absolute Gasteiger partial charge is 0.333 e. The van der Waals surface area contributed by atoms with Crippen molar-refractivity contribution in [1.82, 2.24) is 19.6 Å². The molecule has 248 valence electrons.